The lowest BCUT2D eigenvalue weighted by Gasteiger charge is -2.26. The van der Waals surface area contributed by atoms with Crippen molar-refractivity contribution >= 4 is 0 Å². The Morgan fingerprint density at radius 1 is 1.56 bits per heavy atom. The molecular formula is C12H14N4. The van der Waals surface area contributed by atoms with Gasteiger partial charge in [-0.1, -0.05) is 6.07 Å². The first-order chi connectivity index (χ1) is 7.79. The molecule has 0 saturated carbocycles. The lowest BCUT2D eigenvalue weighted by Crippen LogP contribution is -2.32. The molecule has 82 valence electrons. The van der Waals surface area contributed by atoms with Gasteiger partial charge in [-0.05, 0) is 11.6 Å². The van der Waals surface area contributed by atoms with Crippen LogP contribution in [0, 0.1) is 11.3 Å². The van der Waals surface area contributed by atoms with Crippen LogP contribution in [0.2, 0.25) is 0 Å². The molecule has 4 nitrogen and oxygen atoms in total. The molecule has 2 rings (SSSR count). The zero-order valence-electron chi connectivity index (χ0n) is 9.06. The predicted octanol–water partition coefficient (Wildman–Crippen LogP) is 1.02. The van der Waals surface area contributed by atoms with Crippen molar-refractivity contribution in [2.45, 2.75) is 13.0 Å². The maximum Gasteiger partial charge on any atom is 0.0979 e. The molecule has 0 saturated heterocycles. The van der Waals surface area contributed by atoms with Crippen molar-refractivity contribution in [2.75, 3.05) is 13.1 Å². The van der Waals surface area contributed by atoms with E-state index in [1.807, 2.05) is 18.3 Å². The summed E-state index contributed by atoms with van der Waals surface area (Å²) in [7, 11) is 0. The highest BCUT2D eigenvalue weighted by Crippen LogP contribution is 2.15. The van der Waals surface area contributed by atoms with Crippen LogP contribution in [-0.4, -0.2) is 23.0 Å². The van der Waals surface area contributed by atoms with E-state index >= 15 is 0 Å². The van der Waals surface area contributed by atoms with Crippen LogP contribution >= 0.6 is 0 Å². The average Bonchev–Trinajstić information content (AvgIpc) is 2.33. The first-order valence-electron chi connectivity index (χ1n) is 5.28. The van der Waals surface area contributed by atoms with E-state index in [0.29, 0.717) is 12.1 Å². The smallest absolute Gasteiger partial charge is 0.0979 e. The quantitative estimate of drug-likeness (QED) is 0.798. The van der Waals surface area contributed by atoms with E-state index in [-0.39, 0.29) is 0 Å². The van der Waals surface area contributed by atoms with Gasteiger partial charge in [0.05, 0.1) is 11.6 Å². The summed E-state index contributed by atoms with van der Waals surface area (Å²) in [6, 6.07) is 6.13. The highest BCUT2D eigenvalue weighted by Gasteiger charge is 2.16. The Hall–Kier alpha value is -1.86. The van der Waals surface area contributed by atoms with Crippen LogP contribution in [0.25, 0.3) is 0 Å². The first kappa shape index (κ1) is 10.7. The number of hydrogen-bond acceptors (Lipinski definition) is 4. The van der Waals surface area contributed by atoms with Gasteiger partial charge in [0.15, 0.2) is 0 Å². The Morgan fingerprint density at radius 2 is 2.44 bits per heavy atom. The molecule has 0 atom stereocenters. The summed E-state index contributed by atoms with van der Waals surface area (Å²) in [5.41, 5.74) is 8.37. The van der Waals surface area contributed by atoms with Crippen molar-refractivity contribution in [3.05, 3.63) is 41.4 Å². The summed E-state index contributed by atoms with van der Waals surface area (Å²) in [5.74, 6) is 0. The number of nitrogens with two attached hydrogens (primary N) is 1. The molecule has 0 spiro atoms. The fourth-order valence-electron chi connectivity index (χ4n) is 1.83. The normalized spacial score (nSPS) is 17.2. The fourth-order valence-corrected chi connectivity index (χ4v) is 1.83. The molecule has 0 aromatic carbocycles. The third kappa shape index (κ3) is 2.38. The van der Waals surface area contributed by atoms with Crippen molar-refractivity contribution in [3.63, 3.8) is 0 Å². The molecule has 1 aromatic heterocycles. The van der Waals surface area contributed by atoms with Crippen molar-refractivity contribution in [1.29, 1.82) is 5.26 Å². The van der Waals surface area contributed by atoms with Gasteiger partial charge < -0.3 is 5.73 Å². The Bertz CT molecular complexity index is 430. The van der Waals surface area contributed by atoms with Crippen LogP contribution in [0.4, 0.5) is 0 Å². The van der Waals surface area contributed by atoms with Gasteiger partial charge in [0.1, 0.15) is 0 Å². The summed E-state index contributed by atoms with van der Waals surface area (Å²) in [6.07, 6.45) is 4.40. The number of aromatic nitrogens is 1. The van der Waals surface area contributed by atoms with Crippen LogP contribution in [0.3, 0.4) is 0 Å². The van der Waals surface area contributed by atoms with Crippen molar-refractivity contribution in [1.82, 2.24) is 9.88 Å². The van der Waals surface area contributed by atoms with E-state index in [9.17, 15) is 0 Å². The molecule has 16 heavy (non-hydrogen) atoms. The molecule has 0 amide bonds. The van der Waals surface area contributed by atoms with Crippen molar-refractivity contribution < 1.29 is 0 Å². The molecule has 2 heterocycles. The Kier molecular flexibility index (Phi) is 3.18. The zero-order valence-corrected chi connectivity index (χ0v) is 9.06. The Balaban J connectivity index is 2.02. The summed E-state index contributed by atoms with van der Waals surface area (Å²) in [6.45, 7) is 2.38. The molecule has 0 radical (unpaired) electrons. The van der Waals surface area contributed by atoms with E-state index in [1.165, 1.54) is 5.56 Å². The molecule has 1 aromatic rings. The first-order valence-corrected chi connectivity index (χ1v) is 5.28. The van der Waals surface area contributed by atoms with E-state index < -0.39 is 0 Å². The van der Waals surface area contributed by atoms with Gasteiger partial charge in [-0.15, -0.1) is 0 Å². The van der Waals surface area contributed by atoms with Gasteiger partial charge in [0.2, 0.25) is 0 Å². The highest BCUT2D eigenvalue weighted by atomic mass is 15.1. The lowest BCUT2D eigenvalue weighted by molar-refractivity contribution is 0.279. The Labute approximate surface area is 95.0 Å². The van der Waals surface area contributed by atoms with E-state index in [1.54, 1.807) is 6.20 Å². The minimum atomic E-state index is 0.650. The summed E-state index contributed by atoms with van der Waals surface area (Å²) < 4.78 is 0. The minimum Gasteiger partial charge on any atom is -0.401 e. The number of nitriles is 1. The predicted molar refractivity (Wildman–Crippen MR) is 61.0 cm³/mol. The van der Waals surface area contributed by atoms with Crippen LogP contribution in [0.5, 0.6) is 0 Å². The molecule has 2 N–H and O–H groups in total. The lowest BCUT2D eigenvalue weighted by atomic mass is 10.1. The second kappa shape index (κ2) is 4.77. The molecular weight excluding hydrogens is 200 g/mol. The van der Waals surface area contributed by atoms with Crippen molar-refractivity contribution in [3.8, 4) is 6.07 Å². The molecule has 0 aliphatic carbocycles. The largest absolute Gasteiger partial charge is 0.401 e. The number of rotatable bonds is 2. The van der Waals surface area contributed by atoms with Gasteiger partial charge >= 0.3 is 0 Å². The SMILES string of the molecule is N#CC1=C(N)CCN(Cc2cccnc2)C1. The van der Waals surface area contributed by atoms with Crippen molar-refractivity contribution in [2.24, 2.45) is 5.73 Å². The van der Waals surface area contributed by atoms with Crippen LogP contribution < -0.4 is 5.73 Å². The van der Waals surface area contributed by atoms with Gasteiger partial charge in [0, 0.05) is 44.1 Å². The third-order valence-electron chi connectivity index (χ3n) is 2.73. The molecule has 4 heteroatoms. The molecule has 1 aliphatic heterocycles. The second-order valence-corrected chi connectivity index (χ2v) is 3.94. The molecule has 0 unspecified atom stereocenters. The van der Waals surface area contributed by atoms with E-state index in [0.717, 1.165) is 25.2 Å². The van der Waals surface area contributed by atoms with Crippen LogP contribution in [0.15, 0.2) is 35.8 Å². The van der Waals surface area contributed by atoms with Gasteiger partial charge in [0.25, 0.3) is 0 Å². The maximum absolute atomic E-state index is 8.92. The van der Waals surface area contributed by atoms with Crippen LogP contribution in [0.1, 0.15) is 12.0 Å². The average molecular weight is 214 g/mol. The standard InChI is InChI=1S/C12H14N4/c13-6-11-9-16(5-3-12(11)14)8-10-2-1-4-15-7-10/h1-2,4,7H,3,5,8-9,14H2. The van der Waals surface area contributed by atoms with E-state index in [4.69, 9.17) is 11.0 Å². The van der Waals surface area contributed by atoms with Gasteiger partial charge in [-0.25, -0.2) is 0 Å². The molecule has 0 bridgehead atoms. The van der Waals surface area contributed by atoms with E-state index in [2.05, 4.69) is 16.0 Å². The van der Waals surface area contributed by atoms with Gasteiger partial charge in [-0.3, -0.25) is 9.88 Å². The zero-order chi connectivity index (χ0) is 11.4. The number of hydrogen-bond donors (Lipinski definition) is 1. The summed E-state index contributed by atoms with van der Waals surface area (Å²) in [5, 5.41) is 8.92. The molecule has 0 fully saturated rings. The second-order valence-electron chi connectivity index (χ2n) is 3.94. The Morgan fingerprint density at radius 3 is 3.12 bits per heavy atom. The monoisotopic (exact) mass is 214 g/mol. The highest BCUT2D eigenvalue weighted by molar-refractivity contribution is 5.29. The summed E-state index contributed by atoms with van der Waals surface area (Å²) >= 11 is 0. The summed E-state index contributed by atoms with van der Waals surface area (Å²) in [4.78, 5) is 6.29. The number of nitrogens with zero attached hydrogens (tertiary/aromatic N) is 3. The maximum atomic E-state index is 8.92. The third-order valence-corrected chi connectivity index (χ3v) is 2.73. The van der Waals surface area contributed by atoms with Gasteiger partial charge in [-0.2, -0.15) is 5.26 Å². The molecule has 1 aliphatic rings. The fraction of sp³-hybridized carbons (Fsp3) is 0.333. The van der Waals surface area contributed by atoms with Crippen LogP contribution in [-0.2, 0) is 6.54 Å². The minimum absolute atomic E-state index is 0.650. The topological polar surface area (TPSA) is 65.9 Å². The number of pyridine rings is 1.